The molecule has 1 heterocycles. The smallest absolute Gasteiger partial charge is 0.410 e. The van der Waals surface area contributed by atoms with Gasteiger partial charge in [-0.15, -0.1) is 0 Å². The van der Waals surface area contributed by atoms with E-state index >= 15 is 0 Å². The van der Waals surface area contributed by atoms with E-state index in [1.807, 2.05) is 33.8 Å². The van der Waals surface area contributed by atoms with Crippen molar-refractivity contribution in [2.75, 3.05) is 18.4 Å². The molecule has 1 saturated heterocycles. The molecule has 0 bridgehead atoms. The van der Waals surface area contributed by atoms with E-state index in [0.717, 1.165) is 24.8 Å². The van der Waals surface area contributed by atoms with Gasteiger partial charge in [0.1, 0.15) is 11.3 Å². The number of benzene rings is 1. The molecule has 1 aromatic carbocycles. The van der Waals surface area contributed by atoms with Crippen LogP contribution in [0.5, 0.6) is 0 Å². The zero-order chi connectivity index (χ0) is 18.6. The number of ether oxygens (including phenoxy) is 1. The third-order valence-electron chi connectivity index (χ3n) is 4.12. The Labute approximate surface area is 148 Å². The molecule has 7 heteroatoms. The zero-order valence-corrected chi connectivity index (χ0v) is 15.4. The lowest BCUT2D eigenvalue weighted by molar-refractivity contribution is -0.384. The van der Waals surface area contributed by atoms with Crippen LogP contribution in [0.3, 0.4) is 0 Å². The Hall–Kier alpha value is -2.31. The van der Waals surface area contributed by atoms with Crippen molar-refractivity contribution in [3.8, 4) is 0 Å². The highest BCUT2D eigenvalue weighted by molar-refractivity contribution is 5.69. The van der Waals surface area contributed by atoms with Gasteiger partial charge in [0.2, 0.25) is 0 Å². The van der Waals surface area contributed by atoms with E-state index in [4.69, 9.17) is 4.74 Å². The van der Waals surface area contributed by atoms with E-state index in [1.165, 1.54) is 6.07 Å². The van der Waals surface area contributed by atoms with Gasteiger partial charge in [-0.1, -0.05) is 12.1 Å². The van der Waals surface area contributed by atoms with Gasteiger partial charge in [-0.3, -0.25) is 10.1 Å². The van der Waals surface area contributed by atoms with Crippen LogP contribution in [-0.4, -0.2) is 40.6 Å². The molecular formula is C18H27N3O4. The molecule has 0 radical (unpaired) electrons. The zero-order valence-electron chi connectivity index (χ0n) is 15.4. The number of likely N-dealkylation sites (tertiary alicyclic amines) is 1. The minimum atomic E-state index is -0.541. The largest absolute Gasteiger partial charge is 0.444 e. The highest BCUT2D eigenvalue weighted by Crippen LogP contribution is 2.29. The summed E-state index contributed by atoms with van der Waals surface area (Å²) in [6, 6.07) is 4.98. The molecule has 0 saturated carbocycles. The molecule has 1 fully saturated rings. The van der Waals surface area contributed by atoms with Crippen LogP contribution in [0.25, 0.3) is 0 Å². The minimum absolute atomic E-state index is 0.0465. The van der Waals surface area contributed by atoms with Crippen molar-refractivity contribution in [2.45, 2.75) is 58.6 Å². The van der Waals surface area contributed by atoms with Crippen molar-refractivity contribution in [1.82, 2.24) is 4.90 Å². The number of amides is 1. The number of anilines is 1. The molecule has 1 aliphatic heterocycles. The summed E-state index contributed by atoms with van der Waals surface area (Å²) in [5.41, 5.74) is 0.875. The summed E-state index contributed by atoms with van der Waals surface area (Å²) in [7, 11) is 0. The normalized spacial score (nSPS) is 18.4. The Kier molecular flexibility index (Phi) is 5.87. The van der Waals surface area contributed by atoms with Gasteiger partial charge in [0, 0.05) is 25.2 Å². The van der Waals surface area contributed by atoms with E-state index in [-0.39, 0.29) is 22.7 Å². The lowest BCUT2D eigenvalue weighted by Gasteiger charge is -2.29. The second-order valence-corrected chi connectivity index (χ2v) is 7.49. The Morgan fingerprint density at radius 1 is 1.36 bits per heavy atom. The fourth-order valence-corrected chi connectivity index (χ4v) is 2.95. The molecule has 25 heavy (non-hydrogen) atoms. The molecule has 0 unspecified atom stereocenters. The van der Waals surface area contributed by atoms with Gasteiger partial charge in [-0.25, -0.2) is 4.79 Å². The maximum Gasteiger partial charge on any atom is 0.410 e. The first-order chi connectivity index (χ1) is 11.7. The third kappa shape index (κ3) is 5.34. The maximum atomic E-state index is 12.4. The molecule has 1 atom stereocenters. The van der Waals surface area contributed by atoms with Crippen LogP contribution in [-0.2, 0) is 4.74 Å². The first kappa shape index (κ1) is 19.0. The molecular weight excluding hydrogens is 322 g/mol. The SMILES string of the molecule is Cc1cccc([N+](=O)[O-])c1N[C@@H]1CCCCN(C(=O)OC(C)(C)C)C1. The number of nitrogens with zero attached hydrogens (tertiary/aromatic N) is 2. The van der Waals surface area contributed by atoms with Crippen LogP contribution >= 0.6 is 0 Å². The summed E-state index contributed by atoms with van der Waals surface area (Å²) in [5, 5.41) is 14.6. The highest BCUT2D eigenvalue weighted by atomic mass is 16.6. The molecule has 0 aromatic heterocycles. The number of carbonyl (C=O) groups is 1. The van der Waals surface area contributed by atoms with E-state index in [2.05, 4.69) is 5.32 Å². The Bertz CT molecular complexity index is 640. The molecule has 2 rings (SSSR count). The van der Waals surface area contributed by atoms with Crippen molar-refractivity contribution < 1.29 is 14.5 Å². The number of nitro groups is 1. The molecule has 1 amide bonds. The summed E-state index contributed by atoms with van der Waals surface area (Å²) in [5.74, 6) is 0. The lowest BCUT2D eigenvalue weighted by atomic mass is 10.1. The predicted octanol–water partition coefficient (Wildman–Crippen LogP) is 4.10. The third-order valence-corrected chi connectivity index (χ3v) is 4.12. The summed E-state index contributed by atoms with van der Waals surface area (Å²) < 4.78 is 5.47. The van der Waals surface area contributed by atoms with Crippen LogP contribution in [0.15, 0.2) is 18.2 Å². The van der Waals surface area contributed by atoms with Crippen LogP contribution in [0.1, 0.15) is 45.6 Å². The summed E-state index contributed by atoms with van der Waals surface area (Å²) in [4.78, 5) is 25.0. The Balaban J connectivity index is 2.14. The second-order valence-electron chi connectivity index (χ2n) is 7.49. The van der Waals surface area contributed by atoms with Gasteiger partial charge in [0.25, 0.3) is 5.69 Å². The fourth-order valence-electron chi connectivity index (χ4n) is 2.95. The van der Waals surface area contributed by atoms with Crippen LogP contribution in [0, 0.1) is 17.0 Å². The van der Waals surface area contributed by atoms with Crippen LogP contribution in [0.2, 0.25) is 0 Å². The standard InChI is InChI=1S/C18H27N3O4/c1-13-8-7-10-15(21(23)24)16(13)19-14-9-5-6-11-20(12-14)17(22)25-18(2,3)4/h7-8,10,14,19H,5-6,9,11-12H2,1-4H3/t14-/m1/s1. The predicted molar refractivity (Wildman–Crippen MR) is 96.9 cm³/mol. The molecule has 7 nitrogen and oxygen atoms in total. The first-order valence-corrected chi connectivity index (χ1v) is 8.66. The van der Waals surface area contributed by atoms with Crippen molar-refractivity contribution in [3.05, 3.63) is 33.9 Å². The maximum absolute atomic E-state index is 12.4. The number of hydrogen-bond donors (Lipinski definition) is 1. The van der Waals surface area contributed by atoms with E-state index in [9.17, 15) is 14.9 Å². The number of para-hydroxylation sites is 1. The summed E-state index contributed by atoms with van der Waals surface area (Å²) in [6.07, 6.45) is 2.37. The Morgan fingerprint density at radius 2 is 2.08 bits per heavy atom. The van der Waals surface area contributed by atoms with Gasteiger partial charge in [-0.05, 0) is 52.5 Å². The van der Waals surface area contributed by atoms with Gasteiger partial charge < -0.3 is 15.0 Å². The van der Waals surface area contributed by atoms with Gasteiger partial charge in [0.15, 0.2) is 0 Å². The van der Waals surface area contributed by atoms with Gasteiger partial charge in [0.05, 0.1) is 4.92 Å². The lowest BCUT2D eigenvalue weighted by Crippen LogP contribution is -2.42. The van der Waals surface area contributed by atoms with Crippen molar-refractivity contribution >= 4 is 17.5 Å². The van der Waals surface area contributed by atoms with Crippen molar-refractivity contribution in [2.24, 2.45) is 0 Å². The fraction of sp³-hybridized carbons (Fsp3) is 0.611. The van der Waals surface area contributed by atoms with E-state index in [0.29, 0.717) is 18.8 Å². The highest BCUT2D eigenvalue weighted by Gasteiger charge is 2.27. The van der Waals surface area contributed by atoms with E-state index in [1.54, 1.807) is 11.0 Å². The summed E-state index contributed by atoms with van der Waals surface area (Å²) >= 11 is 0. The van der Waals surface area contributed by atoms with Gasteiger partial charge in [-0.2, -0.15) is 0 Å². The van der Waals surface area contributed by atoms with Crippen LogP contribution in [0.4, 0.5) is 16.2 Å². The number of carbonyl (C=O) groups excluding carboxylic acids is 1. The van der Waals surface area contributed by atoms with E-state index < -0.39 is 5.60 Å². The molecule has 0 aliphatic carbocycles. The number of nitro benzene ring substituents is 1. The molecule has 1 aliphatic rings. The Morgan fingerprint density at radius 3 is 2.72 bits per heavy atom. The second kappa shape index (κ2) is 7.72. The topological polar surface area (TPSA) is 84.7 Å². The quantitative estimate of drug-likeness (QED) is 0.656. The van der Waals surface area contributed by atoms with Crippen molar-refractivity contribution in [1.29, 1.82) is 0 Å². The number of aryl methyl sites for hydroxylation is 1. The van der Waals surface area contributed by atoms with Crippen molar-refractivity contribution in [3.63, 3.8) is 0 Å². The minimum Gasteiger partial charge on any atom is -0.444 e. The average molecular weight is 349 g/mol. The molecule has 0 spiro atoms. The number of hydrogen-bond acceptors (Lipinski definition) is 5. The molecule has 1 N–H and O–H groups in total. The van der Waals surface area contributed by atoms with Gasteiger partial charge >= 0.3 is 6.09 Å². The number of rotatable bonds is 3. The van der Waals surface area contributed by atoms with Crippen LogP contribution < -0.4 is 5.32 Å². The average Bonchev–Trinajstić information content (AvgIpc) is 2.73. The summed E-state index contributed by atoms with van der Waals surface area (Å²) in [6.45, 7) is 8.49. The number of nitrogens with one attached hydrogen (secondary N) is 1. The monoisotopic (exact) mass is 349 g/mol. The molecule has 138 valence electrons. The molecule has 1 aromatic rings. The first-order valence-electron chi connectivity index (χ1n) is 8.66.